The van der Waals surface area contributed by atoms with Gasteiger partial charge in [-0.2, -0.15) is 9.61 Å². The number of rotatable bonds is 6. The molecule has 2 aromatic heterocycles. The van der Waals surface area contributed by atoms with Gasteiger partial charge in [0.05, 0.1) is 23.9 Å². The first-order chi connectivity index (χ1) is 14.9. The first kappa shape index (κ1) is 20.4. The van der Waals surface area contributed by atoms with Crippen molar-refractivity contribution in [1.29, 1.82) is 0 Å². The summed E-state index contributed by atoms with van der Waals surface area (Å²) in [5.41, 5.74) is 1.31. The number of hydrogen-bond acceptors (Lipinski definition) is 6. The number of nitrogens with zero attached hydrogens (tertiary/aromatic N) is 4. The highest BCUT2D eigenvalue weighted by atomic mass is 32.2. The maximum atomic E-state index is 13.0. The summed E-state index contributed by atoms with van der Waals surface area (Å²) >= 11 is 0. The minimum Gasteiger partial charge on any atom is -0.495 e. The fourth-order valence-corrected chi connectivity index (χ4v) is 4.28. The van der Waals surface area contributed by atoms with E-state index in [-0.39, 0.29) is 4.90 Å². The maximum absolute atomic E-state index is 13.0. The van der Waals surface area contributed by atoms with E-state index in [0.717, 1.165) is 4.31 Å². The molecule has 0 atom stereocenters. The minimum absolute atomic E-state index is 0.0517. The van der Waals surface area contributed by atoms with Gasteiger partial charge in [0.25, 0.3) is 15.9 Å². The van der Waals surface area contributed by atoms with E-state index in [0.29, 0.717) is 28.5 Å². The van der Waals surface area contributed by atoms with E-state index in [9.17, 15) is 13.2 Å². The number of methoxy groups -OCH3 is 1. The Morgan fingerprint density at radius 1 is 1.03 bits per heavy atom. The molecule has 4 rings (SSSR count). The number of fused-ring (bicyclic) bond motifs is 1. The zero-order chi connectivity index (χ0) is 22.0. The van der Waals surface area contributed by atoms with Gasteiger partial charge in [-0.1, -0.05) is 12.1 Å². The van der Waals surface area contributed by atoms with Crippen LogP contribution in [0.15, 0.2) is 78.0 Å². The molecule has 4 aromatic rings. The van der Waals surface area contributed by atoms with E-state index < -0.39 is 15.9 Å². The molecule has 0 saturated heterocycles. The van der Waals surface area contributed by atoms with Gasteiger partial charge in [0, 0.05) is 24.9 Å². The van der Waals surface area contributed by atoms with Crippen LogP contribution in [0.2, 0.25) is 0 Å². The second-order valence-corrected chi connectivity index (χ2v) is 8.52. The second-order valence-electron chi connectivity index (χ2n) is 6.55. The number of sulfonamides is 1. The van der Waals surface area contributed by atoms with Gasteiger partial charge in [-0.15, -0.1) is 0 Å². The van der Waals surface area contributed by atoms with Gasteiger partial charge in [0.15, 0.2) is 5.65 Å². The van der Waals surface area contributed by atoms with E-state index in [1.165, 1.54) is 42.9 Å². The molecular formula is C21H19N5O4S. The predicted molar refractivity (Wildman–Crippen MR) is 116 cm³/mol. The summed E-state index contributed by atoms with van der Waals surface area (Å²) in [6.45, 7) is 0. The van der Waals surface area contributed by atoms with Crippen LogP contribution in [0.25, 0.3) is 5.65 Å². The van der Waals surface area contributed by atoms with Crippen LogP contribution in [0.5, 0.6) is 5.75 Å². The van der Waals surface area contributed by atoms with Crippen molar-refractivity contribution >= 4 is 33.1 Å². The first-order valence-corrected chi connectivity index (χ1v) is 10.7. The molecule has 0 fully saturated rings. The lowest BCUT2D eigenvalue weighted by Crippen LogP contribution is -2.27. The Labute approximate surface area is 179 Å². The molecule has 9 nitrogen and oxygen atoms in total. The highest BCUT2D eigenvalue weighted by Gasteiger charge is 2.24. The van der Waals surface area contributed by atoms with Crippen molar-refractivity contribution in [3.63, 3.8) is 0 Å². The molecule has 0 bridgehead atoms. The van der Waals surface area contributed by atoms with Crippen LogP contribution in [-0.2, 0) is 10.0 Å². The van der Waals surface area contributed by atoms with Crippen molar-refractivity contribution in [2.75, 3.05) is 23.8 Å². The van der Waals surface area contributed by atoms with Gasteiger partial charge in [-0.05, 0) is 42.5 Å². The standard InChI is InChI=1S/C21H19N5O4S/c1-25(17-5-3-4-6-18(17)30-2)31(28,29)16-9-7-15(8-10-16)21(27)24-20-11-13-22-19-12-14-23-26(19)20/h3-14H,1-2H3,(H,24,27). The fourth-order valence-electron chi connectivity index (χ4n) is 3.07. The molecule has 0 aliphatic rings. The lowest BCUT2D eigenvalue weighted by Gasteiger charge is -2.21. The van der Waals surface area contributed by atoms with Crippen LogP contribution >= 0.6 is 0 Å². The average Bonchev–Trinajstić information content (AvgIpc) is 3.28. The monoisotopic (exact) mass is 437 g/mol. The van der Waals surface area contributed by atoms with Gasteiger partial charge in [-0.25, -0.2) is 13.4 Å². The molecule has 0 saturated carbocycles. The van der Waals surface area contributed by atoms with Crippen molar-refractivity contribution in [2.24, 2.45) is 0 Å². The quantitative estimate of drug-likeness (QED) is 0.497. The largest absolute Gasteiger partial charge is 0.495 e. The number of hydrogen-bond donors (Lipinski definition) is 1. The van der Waals surface area contributed by atoms with Crippen LogP contribution in [0.4, 0.5) is 11.5 Å². The number of para-hydroxylation sites is 2. The molecule has 2 aromatic carbocycles. The topological polar surface area (TPSA) is 106 Å². The SMILES string of the molecule is COc1ccccc1N(C)S(=O)(=O)c1ccc(C(=O)Nc2ccnc3ccnn23)cc1. The first-order valence-electron chi connectivity index (χ1n) is 9.24. The van der Waals surface area contributed by atoms with E-state index in [2.05, 4.69) is 15.4 Å². The van der Waals surface area contributed by atoms with E-state index in [4.69, 9.17) is 4.74 Å². The van der Waals surface area contributed by atoms with Crippen molar-refractivity contribution in [3.8, 4) is 5.75 Å². The summed E-state index contributed by atoms with van der Waals surface area (Å²) in [6, 6.07) is 15.9. The van der Waals surface area contributed by atoms with Crippen LogP contribution < -0.4 is 14.4 Å². The van der Waals surface area contributed by atoms with Gasteiger partial charge in [0.2, 0.25) is 0 Å². The van der Waals surface area contributed by atoms with Crippen LogP contribution in [0, 0.1) is 0 Å². The highest BCUT2D eigenvalue weighted by molar-refractivity contribution is 7.92. The summed E-state index contributed by atoms with van der Waals surface area (Å²) < 4.78 is 34.0. The van der Waals surface area contributed by atoms with Gasteiger partial charge < -0.3 is 10.1 Å². The Hall–Kier alpha value is -3.92. The Balaban J connectivity index is 1.57. The molecule has 1 N–H and O–H groups in total. The third kappa shape index (κ3) is 3.80. The van der Waals surface area contributed by atoms with Crippen molar-refractivity contribution < 1.29 is 17.9 Å². The predicted octanol–water partition coefficient (Wildman–Crippen LogP) is 2.82. The lowest BCUT2D eigenvalue weighted by atomic mass is 10.2. The Bertz CT molecular complexity index is 1350. The summed E-state index contributed by atoms with van der Waals surface area (Å²) in [6.07, 6.45) is 3.14. The number of benzene rings is 2. The third-order valence-corrected chi connectivity index (χ3v) is 6.52. The fraction of sp³-hybridized carbons (Fsp3) is 0.0952. The Kier molecular flexibility index (Phi) is 5.30. The van der Waals surface area contributed by atoms with E-state index in [1.54, 1.807) is 48.8 Å². The van der Waals surface area contributed by atoms with Crippen LogP contribution in [0.1, 0.15) is 10.4 Å². The van der Waals surface area contributed by atoms with Crippen LogP contribution in [0.3, 0.4) is 0 Å². The molecule has 0 aliphatic carbocycles. The number of carbonyl (C=O) groups is 1. The molecule has 2 heterocycles. The average molecular weight is 437 g/mol. The molecule has 158 valence electrons. The van der Waals surface area contributed by atoms with Gasteiger partial charge >= 0.3 is 0 Å². The molecular weight excluding hydrogens is 418 g/mol. The second kappa shape index (κ2) is 8.07. The maximum Gasteiger partial charge on any atom is 0.264 e. The highest BCUT2D eigenvalue weighted by Crippen LogP contribution is 2.30. The van der Waals surface area contributed by atoms with Crippen molar-refractivity contribution in [1.82, 2.24) is 14.6 Å². The summed E-state index contributed by atoms with van der Waals surface area (Å²) in [7, 11) is -0.918. The smallest absolute Gasteiger partial charge is 0.264 e. The number of anilines is 2. The molecule has 0 unspecified atom stereocenters. The Morgan fingerprint density at radius 3 is 2.52 bits per heavy atom. The molecule has 0 aliphatic heterocycles. The molecule has 0 radical (unpaired) electrons. The van der Waals surface area contributed by atoms with Crippen LogP contribution in [-0.4, -0.2) is 43.1 Å². The van der Waals surface area contributed by atoms with E-state index >= 15 is 0 Å². The lowest BCUT2D eigenvalue weighted by molar-refractivity contribution is 0.102. The molecule has 10 heteroatoms. The summed E-state index contributed by atoms with van der Waals surface area (Å²) in [5.74, 6) is 0.490. The molecule has 1 amide bonds. The number of ether oxygens (including phenoxy) is 1. The summed E-state index contributed by atoms with van der Waals surface area (Å²) in [4.78, 5) is 16.8. The zero-order valence-electron chi connectivity index (χ0n) is 16.8. The van der Waals surface area contributed by atoms with Crippen molar-refractivity contribution in [2.45, 2.75) is 4.90 Å². The summed E-state index contributed by atoms with van der Waals surface area (Å²) in [5, 5.41) is 6.87. The number of nitrogens with one attached hydrogen (secondary N) is 1. The molecule has 0 spiro atoms. The Morgan fingerprint density at radius 2 is 1.77 bits per heavy atom. The van der Waals surface area contributed by atoms with E-state index in [1.807, 2.05) is 0 Å². The normalized spacial score (nSPS) is 11.3. The third-order valence-electron chi connectivity index (χ3n) is 4.73. The molecule has 31 heavy (non-hydrogen) atoms. The number of carbonyl (C=O) groups excluding carboxylic acids is 1. The minimum atomic E-state index is -3.85. The number of aromatic nitrogens is 3. The number of amides is 1. The van der Waals surface area contributed by atoms with Crippen molar-refractivity contribution in [3.05, 3.63) is 78.6 Å². The zero-order valence-corrected chi connectivity index (χ0v) is 17.6. The van der Waals surface area contributed by atoms with Gasteiger partial charge in [-0.3, -0.25) is 9.10 Å². The van der Waals surface area contributed by atoms with Gasteiger partial charge in [0.1, 0.15) is 11.6 Å².